The summed E-state index contributed by atoms with van der Waals surface area (Å²) in [6.45, 7) is 0. The normalized spacial score (nSPS) is 10.9. The highest BCUT2D eigenvalue weighted by molar-refractivity contribution is 9.11. The van der Waals surface area contributed by atoms with Crippen molar-refractivity contribution in [1.29, 1.82) is 0 Å². The van der Waals surface area contributed by atoms with Crippen molar-refractivity contribution in [3.05, 3.63) is 61.0 Å². The molecule has 2 aromatic carbocycles. The summed E-state index contributed by atoms with van der Waals surface area (Å²) in [6, 6.07) is 8.22. The minimum Gasteiger partial charge on any atom is -0.506 e. The Kier molecular flexibility index (Phi) is 5.92. The van der Waals surface area contributed by atoms with Crippen LogP contribution in [0.2, 0.25) is 10.0 Å². The van der Waals surface area contributed by atoms with Gasteiger partial charge in [0.2, 0.25) is 5.91 Å². The second kappa shape index (κ2) is 7.51. The fourth-order valence-electron chi connectivity index (χ4n) is 1.62. The molecule has 7 heteroatoms. The Morgan fingerprint density at radius 1 is 1.14 bits per heavy atom. The van der Waals surface area contributed by atoms with Gasteiger partial charge in [0, 0.05) is 21.8 Å². The molecule has 0 atom stereocenters. The van der Waals surface area contributed by atoms with Gasteiger partial charge in [0.1, 0.15) is 5.75 Å². The average Bonchev–Trinajstić information content (AvgIpc) is 2.43. The van der Waals surface area contributed by atoms with Gasteiger partial charge in [-0.1, -0.05) is 29.3 Å². The molecule has 0 aromatic heterocycles. The number of phenolic OH excluding ortho intramolecular Hbond substituents is 1. The number of benzene rings is 2. The largest absolute Gasteiger partial charge is 0.506 e. The molecular weight excluding hydrogens is 457 g/mol. The van der Waals surface area contributed by atoms with Gasteiger partial charge in [-0.2, -0.15) is 0 Å². The molecule has 0 fully saturated rings. The SMILES string of the molecule is O=C(C=Cc1ccc(Cl)cc1Cl)Nc1cc(Br)c(O)c(Br)c1. The zero-order chi connectivity index (χ0) is 16.3. The van der Waals surface area contributed by atoms with Crippen molar-refractivity contribution in [2.45, 2.75) is 0 Å². The second-order valence-corrected chi connectivity index (χ2v) is 6.83. The van der Waals surface area contributed by atoms with Crippen LogP contribution in [0, 0.1) is 0 Å². The number of rotatable bonds is 3. The van der Waals surface area contributed by atoms with Crippen LogP contribution in [0.5, 0.6) is 5.75 Å². The van der Waals surface area contributed by atoms with Crippen LogP contribution in [0.4, 0.5) is 5.69 Å². The molecule has 2 aromatic rings. The van der Waals surface area contributed by atoms with E-state index in [1.165, 1.54) is 6.08 Å². The molecule has 22 heavy (non-hydrogen) atoms. The molecule has 114 valence electrons. The summed E-state index contributed by atoms with van der Waals surface area (Å²) in [7, 11) is 0. The maximum atomic E-state index is 11.9. The van der Waals surface area contributed by atoms with E-state index in [1.54, 1.807) is 36.4 Å². The Morgan fingerprint density at radius 2 is 1.77 bits per heavy atom. The number of carbonyl (C=O) groups is 1. The van der Waals surface area contributed by atoms with Crippen LogP contribution in [0.1, 0.15) is 5.56 Å². The summed E-state index contributed by atoms with van der Waals surface area (Å²) >= 11 is 18.2. The summed E-state index contributed by atoms with van der Waals surface area (Å²) < 4.78 is 0.948. The number of halogens is 4. The first-order valence-electron chi connectivity index (χ1n) is 5.99. The lowest BCUT2D eigenvalue weighted by Crippen LogP contribution is -2.07. The number of amides is 1. The third kappa shape index (κ3) is 4.49. The highest BCUT2D eigenvalue weighted by Gasteiger charge is 2.07. The molecule has 0 radical (unpaired) electrons. The number of anilines is 1. The van der Waals surface area contributed by atoms with Crippen molar-refractivity contribution >= 4 is 72.7 Å². The fourth-order valence-corrected chi connectivity index (χ4v) is 3.28. The molecule has 0 saturated heterocycles. The Labute approximate surface area is 154 Å². The Morgan fingerprint density at radius 3 is 2.36 bits per heavy atom. The van der Waals surface area contributed by atoms with Crippen LogP contribution < -0.4 is 5.32 Å². The van der Waals surface area contributed by atoms with Gasteiger partial charge >= 0.3 is 0 Å². The van der Waals surface area contributed by atoms with Gasteiger partial charge in [0.15, 0.2) is 0 Å². The van der Waals surface area contributed by atoms with Crippen molar-refractivity contribution in [3.8, 4) is 5.75 Å². The maximum absolute atomic E-state index is 11.9. The summed E-state index contributed by atoms with van der Waals surface area (Å²) in [5.41, 5.74) is 1.22. The number of phenols is 1. The first kappa shape index (κ1) is 17.3. The van der Waals surface area contributed by atoms with E-state index in [1.807, 2.05) is 0 Å². The van der Waals surface area contributed by atoms with Gasteiger partial charge in [-0.05, 0) is 67.8 Å². The lowest BCUT2D eigenvalue weighted by molar-refractivity contribution is -0.111. The minimum atomic E-state index is -0.324. The zero-order valence-electron chi connectivity index (χ0n) is 10.9. The van der Waals surface area contributed by atoms with E-state index in [0.29, 0.717) is 30.2 Å². The number of nitrogens with one attached hydrogen (secondary N) is 1. The van der Waals surface area contributed by atoms with Crippen molar-refractivity contribution in [1.82, 2.24) is 0 Å². The van der Waals surface area contributed by atoms with E-state index < -0.39 is 0 Å². The predicted octanol–water partition coefficient (Wildman–Crippen LogP) is 5.88. The molecule has 0 unspecified atom stereocenters. The van der Waals surface area contributed by atoms with Gasteiger partial charge in [-0.15, -0.1) is 0 Å². The molecule has 3 nitrogen and oxygen atoms in total. The molecule has 0 saturated carbocycles. The highest BCUT2D eigenvalue weighted by atomic mass is 79.9. The van der Waals surface area contributed by atoms with Crippen molar-refractivity contribution in [2.75, 3.05) is 5.32 Å². The van der Waals surface area contributed by atoms with E-state index >= 15 is 0 Å². The highest BCUT2D eigenvalue weighted by Crippen LogP contribution is 2.35. The summed E-state index contributed by atoms with van der Waals surface area (Å²) in [6.07, 6.45) is 2.96. The van der Waals surface area contributed by atoms with Crippen molar-refractivity contribution in [3.63, 3.8) is 0 Å². The molecule has 1 amide bonds. The number of carbonyl (C=O) groups excluding carboxylic acids is 1. The Hall–Kier alpha value is -1.01. The summed E-state index contributed by atoms with van der Waals surface area (Å²) in [5.74, 6) is -0.253. The van der Waals surface area contributed by atoms with Crippen molar-refractivity contribution < 1.29 is 9.90 Å². The zero-order valence-corrected chi connectivity index (χ0v) is 15.6. The van der Waals surface area contributed by atoms with Gasteiger partial charge < -0.3 is 10.4 Å². The fraction of sp³-hybridized carbons (Fsp3) is 0. The van der Waals surface area contributed by atoms with Gasteiger partial charge in [-0.3, -0.25) is 4.79 Å². The smallest absolute Gasteiger partial charge is 0.248 e. The van der Waals surface area contributed by atoms with E-state index in [-0.39, 0.29) is 11.7 Å². The van der Waals surface area contributed by atoms with E-state index in [4.69, 9.17) is 23.2 Å². The van der Waals surface area contributed by atoms with Gasteiger partial charge in [0.25, 0.3) is 0 Å². The monoisotopic (exact) mass is 463 g/mol. The molecule has 0 heterocycles. The van der Waals surface area contributed by atoms with Crippen LogP contribution in [-0.2, 0) is 4.79 Å². The van der Waals surface area contributed by atoms with E-state index in [9.17, 15) is 9.90 Å². The molecule has 2 N–H and O–H groups in total. The predicted molar refractivity (Wildman–Crippen MR) is 97.6 cm³/mol. The molecular formula is C15H9Br2Cl2NO2. The van der Waals surface area contributed by atoms with Gasteiger partial charge in [0.05, 0.1) is 8.95 Å². The van der Waals surface area contributed by atoms with E-state index in [0.717, 1.165) is 0 Å². The second-order valence-electron chi connectivity index (χ2n) is 4.28. The Balaban J connectivity index is 2.11. The number of hydrogen-bond donors (Lipinski definition) is 2. The molecule has 0 aliphatic rings. The third-order valence-electron chi connectivity index (χ3n) is 2.66. The lowest BCUT2D eigenvalue weighted by atomic mass is 10.2. The van der Waals surface area contributed by atoms with Crippen LogP contribution in [0.25, 0.3) is 6.08 Å². The third-order valence-corrected chi connectivity index (χ3v) is 4.43. The van der Waals surface area contributed by atoms with Crippen molar-refractivity contribution in [2.24, 2.45) is 0 Å². The molecule has 0 aliphatic carbocycles. The summed E-state index contributed by atoms with van der Waals surface area (Å²) in [4.78, 5) is 11.9. The molecule has 0 bridgehead atoms. The Bertz CT molecular complexity index is 740. The quantitative estimate of drug-likeness (QED) is 0.439. The molecule has 2 rings (SSSR count). The standard InChI is InChI=1S/C15H9Br2Cl2NO2/c16-11-6-10(7-12(17)15(11)22)20-14(21)4-2-8-1-3-9(18)5-13(8)19/h1-7,22H,(H,20,21). The van der Waals surface area contributed by atoms with Crippen LogP contribution in [-0.4, -0.2) is 11.0 Å². The van der Waals surface area contributed by atoms with E-state index in [2.05, 4.69) is 37.2 Å². The lowest BCUT2D eigenvalue weighted by Gasteiger charge is -2.06. The average molecular weight is 466 g/mol. The molecule has 0 spiro atoms. The number of hydrogen-bond acceptors (Lipinski definition) is 2. The van der Waals surface area contributed by atoms with Gasteiger partial charge in [-0.25, -0.2) is 0 Å². The first-order chi connectivity index (χ1) is 10.4. The molecule has 0 aliphatic heterocycles. The first-order valence-corrected chi connectivity index (χ1v) is 8.33. The summed E-state index contributed by atoms with van der Waals surface area (Å²) in [5, 5.41) is 13.3. The maximum Gasteiger partial charge on any atom is 0.248 e. The van der Waals surface area contributed by atoms with Crippen LogP contribution >= 0.6 is 55.1 Å². The minimum absolute atomic E-state index is 0.0708. The van der Waals surface area contributed by atoms with Crippen LogP contribution in [0.15, 0.2) is 45.4 Å². The number of aromatic hydroxyl groups is 1. The topological polar surface area (TPSA) is 49.3 Å². The van der Waals surface area contributed by atoms with Crippen LogP contribution in [0.3, 0.4) is 0 Å².